The second kappa shape index (κ2) is 11.0. The number of anilines is 2. The summed E-state index contributed by atoms with van der Waals surface area (Å²) in [5.74, 6) is 1.54. The van der Waals surface area contributed by atoms with Crippen molar-refractivity contribution in [2.75, 3.05) is 42.1 Å². The number of carbonyl (C=O) groups is 2. The van der Waals surface area contributed by atoms with Crippen LogP contribution in [0.5, 0.6) is 0 Å². The Bertz CT molecular complexity index is 947. The highest BCUT2D eigenvalue weighted by atomic mass is 32.2. The third kappa shape index (κ3) is 6.47. The van der Waals surface area contributed by atoms with Crippen molar-refractivity contribution in [2.24, 2.45) is 5.92 Å². The molecule has 7 nitrogen and oxygen atoms in total. The summed E-state index contributed by atoms with van der Waals surface area (Å²) in [6.07, 6.45) is 5.25. The zero-order valence-corrected chi connectivity index (χ0v) is 20.4. The minimum atomic E-state index is -0.0590. The van der Waals surface area contributed by atoms with Crippen molar-refractivity contribution >= 4 is 35.1 Å². The highest BCUT2D eigenvalue weighted by Crippen LogP contribution is 2.25. The number of thioether (sulfide) groups is 1. The molecule has 0 saturated carbocycles. The van der Waals surface area contributed by atoms with Gasteiger partial charge in [0.25, 0.3) is 0 Å². The molecule has 4 rings (SSSR count). The summed E-state index contributed by atoms with van der Waals surface area (Å²) >= 11 is 1.38. The van der Waals surface area contributed by atoms with Crippen LogP contribution in [-0.4, -0.2) is 58.8 Å². The molecule has 0 unspecified atom stereocenters. The van der Waals surface area contributed by atoms with E-state index in [1.54, 1.807) is 0 Å². The molecule has 176 valence electrons. The predicted molar refractivity (Wildman–Crippen MR) is 133 cm³/mol. The second-order valence-electron chi connectivity index (χ2n) is 9.09. The number of amides is 2. The maximum Gasteiger partial charge on any atom is 0.234 e. The molecule has 2 aromatic rings. The lowest BCUT2D eigenvalue weighted by atomic mass is 9.94. The van der Waals surface area contributed by atoms with E-state index in [0.29, 0.717) is 5.91 Å². The molecule has 2 amide bonds. The Morgan fingerprint density at radius 3 is 2.30 bits per heavy atom. The lowest BCUT2D eigenvalue weighted by Gasteiger charge is -2.35. The van der Waals surface area contributed by atoms with Crippen LogP contribution in [0, 0.1) is 19.8 Å². The molecular weight excluding hydrogens is 434 g/mol. The number of nitrogens with one attached hydrogen (secondary N) is 1. The van der Waals surface area contributed by atoms with E-state index in [2.05, 4.69) is 31.4 Å². The number of nitrogens with zero attached hydrogens (tertiary/aromatic N) is 4. The standard InChI is InChI=1S/C25H33N5O2S/c1-18-14-19(2)16-21(15-18)26-23(31)17-33-24-7-6-22(27-28-24)29-12-8-20(9-13-29)25(32)30-10-4-3-5-11-30/h6-7,14-16,20H,3-5,8-13,17H2,1-2H3,(H,26,31). The molecule has 0 aliphatic carbocycles. The SMILES string of the molecule is Cc1cc(C)cc(NC(=O)CSc2ccc(N3CCC(C(=O)N4CCCCC4)CC3)nn2)c1. The van der Waals surface area contributed by atoms with Crippen molar-refractivity contribution in [3.05, 3.63) is 41.5 Å². The van der Waals surface area contributed by atoms with E-state index in [9.17, 15) is 9.59 Å². The molecular formula is C25H33N5O2S. The third-order valence-corrected chi connectivity index (χ3v) is 7.24. The third-order valence-electron chi connectivity index (χ3n) is 6.32. The highest BCUT2D eigenvalue weighted by molar-refractivity contribution is 7.99. The summed E-state index contributed by atoms with van der Waals surface area (Å²) in [6.45, 7) is 7.53. The summed E-state index contributed by atoms with van der Waals surface area (Å²) in [6, 6.07) is 9.89. The number of aromatic nitrogens is 2. The molecule has 0 spiro atoms. The van der Waals surface area contributed by atoms with Gasteiger partial charge in [-0.05, 0) is 81.3 Å². The molecule has 2 aliphatic heterocycles. The number of rotatable bonds is 6. The molecule has 0 bridgehead atoms. The summed E-state index contributed by atoms with van der Waals surface area (Å²) in [5, 5.41) is 12.4. The Morgan fingerprint density at radius 2 is 1.67 bits per heavy atom. The largest absolute Gasteiger partial charge is 0.355 e. The molecule has 33 heavy (non-hydrogen) atoms. The number of hydrogen-bond donors (Lipinski definition) is 1. The van der Waals surface area contributed by atoms with Crippen molar-refractivity contribution < 1.29 is 9.59 Å². The number of aryl methyl sites for hydroxylation is 2. The minimum absolute atomic E-state index is 0.0590. The molecule has 0 atom stereocenters. The highest BCUT2D eigenvalue weighted by Gasteiger charge is 2.29. The van der Waals surface area contributed by atoms with Gasteiger partial charge >= 0.3 is 0 Å². The Hall–Kier alpha value is -2.61. The van der Waals surface area contributed by atoms with E-state index < -0.39 is 0 Å². The average molecular weight is 468 g/mol. The van der Waals surface area contributed by atoms with Gasteiger partial charge in [-0.25, -0.2) is 0 Å². The zero-order valence-electron chi connectivity index (χ0n) is 19.5. The lowest BCUT2D eigenvalue weighted by Crippen LogP contribution is -2.44. The summed E-state index contributed by atoms with van der Waals surface area (Å²) in [5.41, 5.74) is 3.07. The molecule has 1 aromatic heterocycles. The van der Waals surface area contributed by atoms with Gasteiger partial charge in [0.15, 0.2) is 5.82 Å². The van der Waals surface area contributed by atoms with Crippen molar-refractivity contribution in [1.82, 2.24) is 15.1 Å². The topological polar surface area (TPSA) is 78.4 Å². The van der Waals surface area contributed by atoms with Crippen LogP contribution in [0.2, 0.25) is 0 Å². The number of likely N-dealkylation sites (tertiary alicyclic amines) is 1. The molecule has 0 radical (unpaired) electrons. The minimum Gasteiger partial charge on any atom is -0.355 e. The van der Waals surface area contributed by atoms with Crippen LogP contribution >= 0.6 is 11.8 Å². The monoisotopic (exact) mass is 467 g/mol. The quantitative estimate of drug-likeness (QED) is 0.646. The van der Waals surface area contributed by atoms with Crippen LogP contribution in [0.15, 0.2) is 35.4 Å². The average Bonchev–Trinajstić information content (AvgIpc) is 2.83. The van der Waals surface area contributed by atoms with Crippen molar-refractivity contribution in [3.8, 4) is 0 Å². The van der Waals surface area contributed by atoms with Gasteiger partial charge in [-0.3, -0.25) is 9.59 Å². The van der Waals surface area contributed by atoms with Crippen LogP contribution in [0.1, 0.15) is 43.2 Å². The number of piperidine rings is 2. The molecule has 8 heteroatoms. The molecule has 2 fully saturated rings. The van der Waals surface area contributed by atoms with Gasteiger partial charge in [-0.15, -0.1) is 10.2 Å². The Morgan fingerprint density at radius 1 is 0.970 bits per heavy atom. The first-order valence-electron chi connectivity index (χ1n) is 11.9. The van der Waals surface area contributed by atoms with Gasteiger partial charge in [0.2, 0.25) is 11.8 Å². The van der Waals surface area contributed by atoms with Crippen LogP contribution in [0.25, 0.3) is 0 Å². The van der Waals surface area contributed by atoms with Gasteiger partial charge in [-0.1, -0.05) is 17.8 Å². The van der Waals surface area contributed by atoms with Crippen LogP contribution < -0.4 is 10.2 Å². The van der Waals surface area contributed by atoms with Crippen LogP contribution in [0.3, 0.4) is 0 Å². The lowest BCUT2D eigenvalue weighted by molar-refractivity contribution is -0.137. The zero-order chi connectivity index (χ0) is 23.2. The second-order valence-corrected chi connectivity index (χ2v) is 10.1. The van der Waals surface area contributed by atoms with E-state index in [-0.39, 0.29) is 17.6 Å². The van der Waals surface area contributed by atoms with Gasteiger partial charge in [0, 0.05) is 37.8 Å². The van der Waals surface area contributed by atoms with Crippen molar-refractivity contribution in [1.29, 1.82) is 0 Å². The first kappa shape index (κ1) is 23.5. The smallest absolute Gasteiger partial charge is 0.234 e. The molecule has 1 aromatic carbocycles. The fourth-order valence-corrected chi connectivity index (χ4v) is 5.28. The fourth-order valence-electron chi connectivity index (χ4n) is 4.67. The molecule has 2 aliphatic rings. The number of benzene rings is 1. The Balaban J connectivity index is 1.23. The van der Waals surface area contributed by atoms with E-state index in [0.717, 1.165) is 79.5 Å². The van der Waals surface area contributed by atoms with E-state index >= 15 is 0 Å². The van der Waals surface area contributed by atoms with Gasteiger partial charge in [-0.2, -0.15) is 0 Å². The molecule has 3 heterocycles. The Labute approximate surface area is 200 Å². The first-order chi connectivity index (χ1) is 16.0. The van der Waals surface area contributed by atoms with Crippen LogP contribution in [-0.2, 0) is 9.59 Å². The van der Waals surface area contributed by atoms with Crippen molar-refractivity contribution in [2.45, 2.75) is 51.0 Å². The van der Waals surface area contributed by atoms with Crippen molar-refractivity contribution in [3.63, 3.8) is 0 Å². The number of hydrogen-bond acceptors (Lipinski definition) is 6. The summed E-state index contributed by atoms with van der Waals surface area (Å²) in [7, 11) is 0. The van der Waals surface area contributed by atoms with E-state index in [1.165, 1.54) is 18.2 Å². The maximum atomic E-state index is 12.8. The van der Waals surface area contributed by atoms with E-state index in [4.69, 9.17) is 0 Å². The van der Waals surface area contributed by atoms with Gasteiger partial charge in [0.05, 0.1) is 5.75 Å². The molecule has 1 N–H and O–H groups in total. The molecule has 2 saturated heterocycles. The number of carbonyl (C=O) groups excluding carboxylic acids is 2. The maximum absolute atomic E-state index is 12.8. The summed E-state index contributed by atoms with van der Waals surface area (Å²) < 4.78 is 0. The van der Waals surface area contributed by atoms with E-state index in [1.807, 2.05) is 38.1 Å². The van der Waals surface area contributed by atoms with Gasteiger partial charge < -0.3 is 15.1 Å². The summed E-state index contributed by atoms with van der Waals surface area (Å²) in [4.78, 5) is 29.3. The van der Waals surface area contributed by atoms with Crippen LogP contribution in [0.4, 0.5) is 11.5 Å². The first-order valence-corrected chi connectivity index (χ1v) is 12.8. The fraction of sp³-hybridized carbons (Fsp3) is 0.520. The Kier molecular flexibility index (Phi) is 7.85. The predicted octanol–water partition coefficient (Wildman–Crippen LogP) is 4.05. The van der Waals surface area contributed by atoms with Gasteiger partial charge in [0.1, 0.15) is 5.03 Å². The normalized spacial score (nSPS) is 17.2.